The van der Waals surface area contributed by atoms with E-state index < -0.39 is 47.9 Å². The fraction of sp³-hybridized carbons (Fsp3) is 0.357. The molecule has 41 heavy (non-hydrogen) atoms. The Morgan fingerprint density at radius 1 is 0.927 bits per heavy atom. The van der Waals surface area contributed by atoms with Crippen molar-refractivity contribution in [3.05, 3.63) is 65.9 Å². The van der Waals surface area contributed by atoms with Gasteiger partial charge in [0, 0.05) is 35.7 Å². The third kappa shape index (κ3) is 9.17. The van der Waals surface area contributed by atoms with Crippen molar-refractivity contribution in [1.29, 1.82) is 0 Å². The van der Waals surface area contributed by atoms with E-state index in [0.717, 1.165) is 10.9 Å². The van der Waals surface area contributed by atoms with Crippen molar-refractivity contribution in [3.63, 3.8) is 0 Å². The second-order valence-electron chi connectivity index (χ2n) is 9.53. The molecule has 1 aromatic heterocycles. The maximum Gasteiger partial charge on any atom is 0.326 e. The highest BCUT2D eigenvalue weighted by atomic mass is 32.2. The number of carboxylic acids is 1. The van der Waals surface area contributed by atoms with E-state index >= 15 is 0 Å². The van der Waals surface area contributed by atoms with Crippen LogP contribution < -0.4 is 21.7 Å². The lowest BCUT2D eigenvalue weighted by atomic mass is 10.0. The van der Waals surface area contributed by atoms with E-state index in [-0.39, 0.29) is 30.8 Å². The summed E-state index contributed by atoms with van der Waals surface area (Å²) in [4.78, 5) is 54.5. The smallest absolute Gasteiger partial charge is 0.326 e. The maximum absolute atomic E-state index is 13.5. The number of rotatable bonds is 15. The van der Waals surface area contributed by atoms with E-state index in [1.807, 2.05) is 30.5 Å². The number of hydrogen-bond donors (Lipinski definition) is 8. The van der Waals surface area contributed by atoms with Crippen molar-refractivity contribution < 1.29 is 29.4 Å². The third-order valence-corrected chi connectivity index (χ3v) is 7.54. The Labute approximate surface area is 247 Å². The van der Waals surface area contributed by atoms with E-state index in [1.165, 1.54) is 23.9 Å². The summed E-state index contributed by atoms with van der Waals surface area (Å²) >= 11 is 5.52. The minimum absolute atomic E-state index is 0.0105. The van der Waals surface area contributed by atoms with Gasteiger partial charge < -0.3 is 36.9 Å². The first-order valence-electron chi connectivity index (χ1n) is 12.9. The molecule has 13 heteroatoms. The summed E-state index contributed by atoms with van der Waals surface area (Å²) in [5, 5.41) is 28.3. The van der Waals surface area contributed by atoms with Crippen LogP contribution in [-0.2, 0) is 32.0 Å². The van der Waals surface area contributed by atoms with Gasteiger partial charge in [0.2, 0.25) is 17.7 Å². The number of aromatic nitrogens is 1. The number of phenols is 1. The Morgan fingerprint density at radius 2 is 1.56 bits per heavy atom. The predicted molar refractivity (Wildman–Crippen MR) is 162 cm³/mol. The Bertz CT molecular complexity index is 1350. The first-order chi connectivity index (χ1) is 19.6. The average molecular weight is 602 g/mol. The molecule has 0 bridgehead atoms. The van der Waals surface area contributed by atoms with Crippen LogP contribution in [0.1, 0.15) is 17.5 Å². The molecule has 0 saturated heterocycles. The molecular weight excluding hydrogens is 566 g/mol. The monoisotopic (exact) mass is 601 g/mol. The number of nitrogens with two attached hydrogens (primary N) is 1. The highest BCUT2D eigenvalue weighted by Crippen LogP contribution is 2.19. The zero-order valence-electron chi connectivity index (χ0n) is 22.5. The lowest BCUT2D eigenvalue weighted by molar-refractivity contribution is -0.142. The van der Waals surface area contributed by atoms with Crippen molar-refractivity contribution in [2.75, 3.05) is 17.8 Å². The number of aliphatic carboxylic acids is 1. The SMILES string of the molecule is CSCCC(NC(=O)C(N)CS)C(=O)NC(Cc1ccc(O)cc1)C(=O)NC(Cc1c[nH]c2ccccc12)C(=O)O. The summed E-state index contributed by atoms with van der Waals surface area (Å²) in [6.45, 7) is 0. The van der Waals surface area contributed by atoms with Gasteiger partial charge in [0.05, 0.1) is 6.04 Å². The summed E-state index contributed by atoms with van der Waals surface area (Å²) in [6, 6.07) is 9.17. The normalized spacial score (nSPS) is 14.0. The summed E-state index contributed by atoms with van der Waals surface area (Å²) < 4.78 is 0. The zero-order chi connectivity index (χ0) is 29.9. The minimum Gasteiger partial charge on any atom is -0.508 e. The van der Waals surface area contributed by atoms with E-state index in [2.05, 4.69) is 33.6 Å². The maximum atomic E-state index is 13.5. The van der Waals surface area contributed by atoms with Gasteiger partial charge in [0.15, 0.2) is 0 Å². The van der Waals surface area contributed by atoms with Gasteiger partial charge in [-0.25, -0.2) is 4.79 Å². The quantitative estimate of drug-likeness (QED) is 0.119. The van der Waals surface area contributed by atoms with Crippen molar-refractivity contribution in [3.8, 4) is 5.75 Å². The van der Waals surface area contributed by atoms with Crippen LogP contribution >= 0.6 is 24.4 Å². The number of hydrogen-bond acceptors (Lipinski definition) is 8. The lowest BCUT2D eigenvalue weighted by Gasteiger charge is -2.25. The van der Waals surface area contributed by atoms with Gasteiger partial charge in [-0.05, 0) is 47.8 Å². The van der Waals surface area contributed by atoms with Gasteiger partial charge in [-0.1, -0.05) is 30.3 Å². The van der Waals surface area contributed by atoms with Gasteiger partial charge >= 0.3 is 5.97 Å². The van der Waals surface area contributed by atoms with Crippen LogP contribution in [-0.4, -0.2) is 80.8 Å². The standard InChI is InChI=1S/C28H35N5O6S2/c1-41-11-10-22(31-25(35)20(29)15-40)26(36)32-23(12-16-6-8-18(34)9-7-16)27(37)33-24(28(38)39)13-17-14-30-21-5-3-2-4-19(17)21/h2-9,14,20,22-24,30,34,40H,10-13,15,29H2,1H3,(H,31,35)(H,32,36)(H,33,37)(H,38,39). The Kier molecular flexibility index (Phi) is 11.9. The zero-order valence-corrected chi connectivity index (χ0v) is 24.2. The van der Waals surface area contributed by atoms with Crippen molar-refractivity contribution in [2.45, 2.75) is 43.4 Å². The van der Waals surface area contributed by atoms with Gasteiger partial charge in [-0.2, -0.15) is 24.4 Å². The van der Waals surface area contributed by atoms with Crippen LogP contribution in [0, 0.1) is 0 Å². The van der Waals surface area contributed by atoms with Gasteiger partial charge in [0.1, 0.15) is 23.9 Å². The molecule has 0 spiro atoms. The predicted octanol–water partition coefficient (Wildman–Crippen LogP) is 1.21. The van der Waals surface area contributed by atoms with Crippen LogP contribution in [0.25, 0.3) is 10.9 Å². The lowest BCUT2D eigenvalue weighted by Crippen LogP contribution is -2.58. The highest BCUT2D eigenvalue weighted by molar-refractivity contribution is 7.98. The molecule has 220 valence electrons. The van der Waals surface area contributed by atoms with E-state index in [9.17, 15) is 29.4 Å². The number of nitrogens with one attached hydrogen (secondary N) is 4. The van der Waals surface area contributed by atoms with Crippen molar-refractivity contribution in [1.82, 2.24) is 20.9 Å². The molecule has 4 atom stereocenters. The van der Waals surface area contributed by atoms with Crippen molar-refractivity contribution >= 4 is 59.0 Å². The molecule has 2 aromatic carbocycles. The second kappa shape index (κ2) is 15.4. The van der Waals surface area contributed by atoms with E-state index in [0.29, 0.717) is 16.9 Å². The summed E-state index contributed by atoms with van der Waals surface area (Å²) in [5.74, 6) is -2.43. The first kappa shape index (κ1) is 31.8. The number of aromatic hydroxyl groups is 1. The third-order valence-electron chi connectivity index (χ3n) is 6.50. The molecule has 0 radical (unpaired) electrons. The number of thiol groups is 1. The molecule has 4 unspecified atom stereocenters. The number of carboxylic acid groups (broad SMARTS) is 1. The molecule has 8 N–H and O–H groups in total. The number of carbonyl (C=O) groups excluding carboxylic acids is 3. The number of aromatic amines is 1. The molecule has 3 amide bonds. The molecule has 11 nitrogen and oxygen atoms in total. The Morgan fingerprint density at radius 3 is 2.22 bits per heavy atom. The molecule has 0 aliphatic carbocycles. The van der Waals surface area contributed by atoms with Gasteiger partial charge in [-0.3, -0.25) is 14.4 Å². The average Bonchev–Trinajstić information content (AvgIpc) is 3.37. The number of para-hydroxylation sites is 1. The molecule has 0 aliphatic heterocycles. The number of amides is 3. The van der Waals surface area contributed by atoms with Crippen LogP contribution in [0.4, 0.5) is 0 Å². The Hall–Kier alpha value is -3.68. The number of fused-ring (bicyclic) bond motifs is 1. The van der Waals surface area contributed by atoms with Crippen LogP contribution in [0.2, 0.25) is 0 Å². The number of benzene rings is 2. The highest BCUT2D eigenvalue weighted by Gasteiger charge is 2.30. The summed E-state index contributed by atoms with van der Waals surface area (Å²) in [7, 11) is 0. The number of H-pyrrole nitrogens is 1. The molecular formula is C28H35N5O6S2. The number of carbonyl (C=O) groups is 4. The van der Waals surface area contributed by atoms with Crippen LogP contribution in [0.15, 0.2) is 54.7 Å². The topological polar surface area (TPSA) is 187 Å². The summed E-state index contributed by atoms with van der Waals surface area (Å²) in [5.41, 5.74) is 7.94. The van der Waals surface area contributed by atoms with Crippen LogP contribution in [0.5, 0.6) is 5.75 Å². The fourth-order valence-electron chi connectivity index (χ4n) is 4.21. The number of thioether (sulfide) groups is 1. The van der Waals surface area contributed by atoms with Gasteiger partial charge in [0.25, 0.3) is 0 Å². The molecule has 3 aromatic rings. The largest absolute Gasteiger partial charge is 0.508 e. The van der Waals surface area contributed by atoms with Crippen molar-refractivity contribution in [2.24, 2.45) is 5.73 Å². The van der Waals surface area contributed by atoms with E-state index in [1.54, 1.807) is 18.3 Å². The first-order valence-corrected chi connectivity index (χ1v) is 15.0. The van der Waals surface area contributed by atoms with Gasteiger partial charge in [-0.15, -0.1) is 0 Å². The molecule has 1 heterocycles. The molecule has 3 rings (SSSR count). The number of phenolic OH excluding ortho intramolecular Hbond substituents is 1. The Balaban J connectivity index is 1.82. The molecule has 0 saturated carbocycles. The van der Waals surface area contributed by atoms with Crippen LogP contribution in [0.3, 0.4) is 0 Å². The fourth-order valence-corrected chi connectivity index (χ4v) is 4.85. The molecule has 0 fully saturated rings. The summed E-state index contributed by atoms with van der Waals surface area (Å²) in [6.07, 6.45) is 3.87. The van der Waals surface area contributed by atoms with E-state index in [4.69, 9.17) is 5.73 Å². The molecule has 0 aliphatic rings. The second-order valence-corrected chi connectivity index (χ2v) is 10.9. The minimum atomic E-state index is -1.28.